The van der Waals surface area contributed by atoms with Crippen LogP contribution in [0.15, 0.2) is 18.2 Å². The zero-order chi connectivity index (χ0) is 10.8. The van der Waals surface area contributed by atoms with Gasteiger partial charge in [-0.15, -0.1) is 0 Å². The first-order chi connectivity index (χ1) is 7.22. The molecule has 15 heavy (non-hydrogen) atoms. The van der Waals surface area contributed by atoms with Gasteiger partial charge >= 0.3 is 0 Å². The second-order valence-electron chi connectivity index (χ2n) is 4.36. The number of rotatable bonds is 2. The predicted molar refractivity (Wildman–Crippen MR) is 65.5 cm³/mol. The molecule has 0 spiro atoms. The van der Waals surface area contributed by atoms with E-state index in [1.807, 2.05) is 6.07 Å². The zero-order valence-electron chi connectivity index (χ0n) is 9.39. The maximum absolute atomic E-state index is 6.06. The third-order valence-electron chi connectivity index (χ3n) is 3.29. The molecule has 0 saturated heterocycles. The Bertz CT molecular complexity index is 348. The lowest BCUT2D eigenvalue weighted by Crippen LogP contribution is -2.25. The Morgan fingerprint density at radius 3 is 2.87 bits per heavy atom. The lowest BCUT2D eigenvalue weighted by Gasteiger charge is -2.30. The minimum absolute atomic E-state index is 0.500. The van der Waals surface area contributed by atoms with Crippen LogP contribution in [0.3, 0.4) is 0 Å². The maximum Gasteiger partial charge on any atom is 0.0409 e. The van der Waals surface area contributed by atoms with E-state index in [4.69, 9.17) is 11.6 Å². The van der Waals surface area contributed by atoms with Crippen LogP contribution in [0.5, 0.6) is 0 Å². The third kappa shape index (κ3) is 2.19. The zero-order valence-corrected chi connectivity index (χ0v) is 10.1. The predicted octanol–water partition coefficient (Wildman–Crippen LogP) is 3.89. The maximum atomic E-state index is 6.06. The number of halogens is 1. The van der Waals surface area contributed by atoms with Crippen molar-refractivity contribution in [2.45, 2.75) is 38.6 Å². The van der Waals surface area contributed by atoms with Crippen LogP contribution >= 0.6 is 11.6 Å². The van der Waals surface area contributed by atoms with Gasteiger partial charge in [-0.05, 0) is 48.6 Å². The van der Waals surface area contributed by atoms with E-state index in [-0.39, 0.29) is 0 Å². The summed E-state index contributed by atoms with van der Waals surface area (Å²) in [7, 11) is 0. The summed E-state index contributed by atoms with van der Waals surface area (Å²) in [4.78, 5) is 0. The molecule has 0 heterocycles. The van der Waals surface area contributed by atoms with Gasteiger partial charge < -0.3 is 5.32 Å². The van der Waals surface area contributed by atoms with Gasteiger partial charge in [-0.25, -0.2) is 0 Å². The fraction of sp³-hybridized carbons (Fsp3) is 0.538. The number of nitrogens with one attached hydrogen (secondary N) is 1. The van der Waals surface area contributed by atoms with Crippen LogP contribution in [0.2, 0.25) is 5.02 Å². The van der Waals surface area contributed by atoms with Gasteiger partial charge in [0.25, 0.3) is 0 Å². The van der Waals surface area contributed by atoms with E-state index in [0.717, 1.165) is 11.6 Å². The average molecular weight is 224 g/mol. The highest BCUT2D eigenvalue weighted by Gasteiger charge is 2.23. The van der Waals surface area contributed by atoms with Crippen LogP contribution in [0.25, 0.3) is 0 Å². The molecule has 82 valence electrons. The van der Waals surface area contributed by atoms with Crippen molar-refractivity contribution < 1.29 is 0 Å². The second-order valence-corrected chi connectivity index (χ2v) is 4.80. The summed E-state index contributed by atoms with van der Waals surface area (Å²) in [5.41, 5.74) is 2.87. The molecule has 0 aromatic heterocycles. The lowest BCUT2D eigenvalue weighted by molar-refractivity contribution is 0.441. The molecule has 0 radical (unpaired) electrons. The largest absolute Gasteiger partial charge is 0.310 e. The minimum Gasteiger partial charge on any atom is -0.310 e. The fourth-order valence-corrected chi connectivity index (χ4v) is 2.66. The lowest BCUT2D eigenvalue weighted by atomic mass is 9.81. The Kier molecular flexibility index (Phi) is 3.32. The Morgan fingerprint density at radius 2 is 2.13 bits per heavy atom. The Hall–Kier alpha value is -0.530. The van der Waals surface area contributed by atoms with Gasteiger partial charge in [-0.2, -0.15) is 0 Å². The van der Waals surface area contributed by atoms with E-state index >= 15 is 0 Å². The average Bonchev–Trinajstić information content (AvgIpc) is 2.22. The van der Waals surface area contributed by atoms with Crippen molar-refractivity contribution in [3.8, 4) is 0 Å². The highest BCUT2D eigenvalue weighted by atomic mass is 35.5. The molecule has 1 aliphatic rings. The molecule has 0 amide bonds. The molecule has 0 aliphatic heterocycles. The smallest absolute Gasteiger partial charge is 0.0409 e. The Labute approximate surface area is 96.8 Å². The van der Waals surface area contributed by atoms with E-state index in [9.17, 15) is 0 Å². The Morgan fingerprint density at radius 1 is 1.33 bits per heavy atom. The molecular weight excluding hydrogens is 206 g/mol. The van der Waals surface area contributed by atoms with Crippen LogP contribution in [0.4, 0.5) is 0 Å². The van der Waals surface area contributed by atoms with Gasteiger partial charge in [-0.3, -0.25) is 0 Å². The quantitative estimate of drug-likeness (QED) is 0.802. The summed E-state index contributed by atoms with van der Waals surface area (Å²) in [6, 6.07) is 6.82. The van der Waals surface area contributed by atoms with Gasteiger partial charge in [-0.1, -0.05) is 31.5 Å². The standard InChI is InChI=1S/C13H18ClN/c1-3-15-13-7-4-9(2)11-6-5-10(14)8-12(11)13/h5-6,8-9,13,15H,3-4,7H2,1-2H3. The van der Waals surface area contributed by atoms with Crippen molar-refractivity contribution in [2.75, 3.05) is 6.54 Å². The number of hydrogen-bond donors (Lipinski definition) is 1. The van der Waals surface area contributed by atoms with Crippen molar-refractivity contribution in [1.82, 2.24) is 5.32 Å². The summed E-state index contributed by atoms with van der Waals surface area (Å²) >= 11 is 6.06. The summed E-state index contributed by atoms with van der Waals surface area (Å²) in [5, 5.41) is 4.38. The SMILES string of the molecule is CCNC1CCC(C)c2ccc(Cl)cc21. The van der Waals surface area contributed by atoms with Crippen molar-refractivity contribution in [3.63, 3.8) is 0 Å². The molecule has 2 heteroatoms. The molecule has 2 unspecified atom stereocenters. The minimum atomic E-state index is 0.500. The highest BCUT2D eigenvalue weighted by molar-refractivity contribution is 6.30. The number of fused-ring (bicyclic) bond motifs is 1. The summed E-state index contributed by atoms with van der Waals surface area (Å²) < 4.78 is 0. The molecule has 1 aromatic carbocycles. The van der Waals surface area contributed by atoms with Crippen LogP contribution < -0.4 is 5.32 Å². The van der Waals surface area contributed by atoms with Crippen molar-refractivity contribution >= 4 is 11.6 Å². The third-order valence-corrected chi connectivity index (χ3v) is 3.53. The van der Waals surface area contributed by atoms with Gasteiger partial charge in [0.15, 0.2) is 0 Å². The van der Waals surface area contributed by atoms with Crippen LogP contribution in [0.1, 0.15) is 49.8 Å². The van der Waals surface area contributed by atoms with E-state index < -0.39 is 0 Å². The van der Waals surface area contributed by atoms with Gasteiger partial charge in [0.05, 0.1) is 0 Å². The van der Waals surface area contributed by atoms with Crippen molar-refractivity contribution in [2.24, 2.45) is 0 Å². The molecule has 2 rings (SSSR count). The van der Waals surface area contributed by atoms with E-state index in [1.54, 1.807) is 0 Å². The molecule has 0 bridgehead atoms. The summed E-state index contributed by atoms with van der Waals surface area (Å²) in [6.07, 6.45) is 2.49. The molecule has 1 N–H and O–H groups in total. The normalized spacial score (nSPS) is 25.0. The Balaban J connectivity index is 2.37. The fourth-order valence-electron chi connectivity index (χ4n) is 2.48. The molecule has 0 saturated carbocycles. The number of benzene rings is 1. The van der Waals surface area contributed by atoms with Crippen LogP contribution in [0, 0.1) is 0 Å². The summed E-state index contributed by atoms with van der Waals surface area (Å²) in [6.45, 7) is 5.47. The monoisotopic (exact) mass is 223 g/mol. The van der Waals surface area contributed by atoms with Gasteiger partial charge in [0.2, 0.25) is 0 Å². The highest BCUT2D eigenvalue weighted by Crippen LogP contribution is 2.38. The topological polar surface area (TPSA) is 12.0 Å². The van der Waals surface area contributed by atoms with E-state index in [0.29, 0.717) is 12.0 Å². The van der Waals surface area contributed by atoms with Gasteiger partial charge in [0.1, 0.15) is 0 Å². The molecule has 0 fully saturated rings. The van der Waals surface area contributed by atoms with E-state index in [1.165, 1.54) is 24.0 Å². The van der Waals surface area contributed by atoms with E-state index in [2.05, 4.69) is 31.3 Å². The molecule has 1 nitrogen and oxygen atoms in total. The molecule has 1 aliphatic carbocycles. The number of hydrogen-bond acceptors (Lipinski definition) is 1. The molecule has 1 aromatic rings. The van der Waals surface area contributed by atoms with Crippen LogP contribution in [-0.2, 0) is 0 Å². The van der Waals surface area contributed by atoms with Crippen molar-refractivity contribution in [1.29, 1.82) is 0 Å². The second kappa shape index (κ2) is 4.54. The first-order valence-electron chi connectivity index (χ1n) is 5.75. The van der Waals surface area contributed by atoms with Crippen LogP contribution in [-0.4, -0.2) is 6.54 Å². The van der Waals surface area contributed by atoms with Gasteiger partial charge in [0, 0.05) is 11.1 Å². The molecule has 2 atom stereocenters. The first kappa shape index (κ1) is 11.0. The molecular formula is C13H18ClN. The summed E-state index contributed by atoms with van der Waals surface area (Å²) in [5.74, 6) is 0.673. The first-order valence-corrected chi connectivity index (χ1v) is 6.13. The van der Waals surface area contributed by atoms with Crippen molar-refractivity contribution in [3.05, 3.63) is 34.3 Å².